The molecule has 1 aromatic heterocycles. The second kappa shape index (κ2) is 11.2. The first-order valence-electron chi connectivity index (χ1n) is 13.7. The van der Waals surface area contributed by atoms with Gasteiger partial charge in [-0.1, -0.05) is 102 Å². The third-order valence-corrected chi connectivity index (χ3v) is 7.03. The van der Waals surface area contributed by atoms with Gasteiger partial charge in [-0.15, -0.1) is 5.10 Å². The van der Waals surface area contributed by atoms with Crippen LogP contribution in [-0.4, -0.2) is 38.8 Å². The van der Waals surface area contributed by atoms with Crippen molar-refractivity contribution in [3.8, 4) is 0 Å². The number of carbonyl (C=O) groups excluding carboxylic acids is 1. The van der Waals surface area contributed by atoms with Crippen LogP contribution < -0.4 is 0 Å². The van der Waals surface area contributed by atoms with Gasteiger partial charge in [0.25, 0.3) is 0 Å². The predicted octanol–water partition coefficient (Wildman–Crippen LogP) is 6.84. The van der Waals surface area contributed by atoms with E-state index >= 15 is 0 Å². The van der Waals surface area contributed by atoms with Gasteiger partial charge in [-0.3, -0.25) is 14.4 Å². The summed E-state index contributed by atoms with van der Waals surface area (Å²) in [5.41, 5.74) is 7.38. The molecular weight excluding hydrogens is 468 g/mol. The summed E-state index contributed by atoms with van der Waals surface area (Å²) in [4.78, 5) is 16.0. The molecule has 3 aromatic rings. The first-order valence-corrected chi connectivity index (χ1v) is 13.7. The smallest absolute Gasteiger partial charge is 0.187 e. The van der Waals surface area contributed by atoms with E-state index in [-0.39, 0.29) is 16.6 Å². The normalized spacial score (nSPS) is 17.5. The zero-order valence-corrected chi connectivity index (χ0v) is 24.1. The summed E-state index contributed by atoms with van der Waals surface area (Å²) in [6.07, 6.45) is 7.13. The fraction of sp³-hybridized carbons (Fsp3) is 0.424. The summed E-state index contributed by atoms with van der Waals surface area (Å²) < 4.78 is 1.89. The summed E-state index contributed by atoms with van der Waals surface area (Å²) in [6.45, 7) is 18.1. The van der Waals surface area contributed by atoms with E-state index in [0.717, 1.165) is 40.9 Å². The molecule has 0 radical (unpaired) electrons. The standard InChI is InChI=1S/C33H42N4O/c1-8-17-37-23-30(34-35-37)22-36-20-26(18-24-9-13-28(14-10-24)32(2,3)4)31(38)27(21-36)19-25-11-15-29(16-12-25)33(5,6)7/h9-16,18-19,23H,8,17,20-22H2,1-7H3. The Kier molecular flexibility index (Phi) is 8.17. The minimum atomic E-state index is 0.0940. The molecule has 1 fully saturated rings. The zero-order chi connectivity index (χ0) is 27.5. The SMILES string of the molecule is CCCn1cc(CN2CC(=Cc3ccc(C(C)(C)C)cc3)C(=O)C(=Cc3ccc(C(C)(C)C)cc3)C2)nn1. The number of rotatable bonds is 6. The predicted molar refractivity (Wildman–Crippen MR) is 157 cm³/mol. The molecule has 200 valence electrons. The number of ketones is 1. The van der Waals surface area contributed by atoms with Crippen LogP contribution in [0.4, 0.5) is 0 Å². The molecule has 4 rings (SSSR count). The van der Waals surface area contributed by atoms with E-state index in [4.69, 9.17) is 0 Å². The van der Waals surface area contributed by atoms with E-state index in [1.165, 1.54) is 11.1 Å². The van der Waals surface area contributed by atoms with Gasteiger partial charge in [0.15, 0.2) is 5.78 Å². The molecule has 0 bridgehead atoms. The third kappa shape index (κ3) is 6.96. The second-order valence-electron chi connectivity index (χ2n) is 12.5. The molecule has 0 spiro atoms. The minimum Gasteiger partial charge on any atom is -0.289 e. The van der Waals surface area contributed by atoms with Gasteiger partial charge in [0.1, 0.15) is 0 Å². The molecule has 1 saturated heterocycles. The Hall–Kier alpha value is -3.31. The van der Waals surface area contributed by atoms with Gasteiger partial charge in [-0.2, -0.15) is 0 Å². The van der Waals surface area contributed by atoms with E-state index < -0.39 is 0 Å². The number of likely N-dealkylation sites (tertiary alicyclic amines) is 1. The van der Waals surface area contributed by atoms with Gasteiger partial charge in [-0.25, -0.2) is 0 Å². The second-order valence-corrected chi connectivity index (χ2v) is 12.5. The van der Waals surface area contributed by atoms with Crippen LogP contribution >= 0.6 is 0 Å². The Bertz CT molecular complexity index is 1230. The third-order valence-electron chi connectivity index (χ3n) is 7.03. The fourth-order valence-electron chi connectivity index (χ4n) is 4.76. The van der Waals surface area contributed by atoms with E-state index in [9.17, 15) is 4.79 Å². The lowest BCUT2D eigenvalue weighted by molar-refractivity contribution is -0.113. The molecule has 2 aromatic carbocycles. The van der Waals surface area contributed by atoms with Crippen LogP contribution in [0.25, 0.3) is 12.2 Å². The Morgan fingerprint density at radius 2 is 1.26 bits per heavy atom. The molecule has 0 aliphatic carbocycles. The monoisotopic (exact) mass is 510 g/mol. The zero-order valence-electron chi connectivity index (χ0n) is 24.1. The molecule has 0 unspecified atom stereocenters. The molecule has 5 nitrogen and oxygen atoms in total. The van der Waals surface area contributed by atoms with Gasteiger partial charge in [-0.05, 0) is 51.7 Å². The topological polar surface area (TPSA) is 51.0 Å². The molecular formula is C33H42N4O. The van der Waals surface area contributed by atoms with Crippen LogP contribution in [0.1, 0.15) is 82.8 Å². The molecule has 0 atom stereocenters. The number of aromatic nitrogens is 3. The highest BCUT2D eigenvalue weighted by Gasteiger charge is 2.27. The van der Waals surface area contributed by atoms with Gasteiger partial charge < -0.3 is 0 Å². The highest BCUT2D eigenvalue weighted by atomic mass is 16.1. The molecule has 1 aliphatic heterocycles. The van der Waals surface area contributed by atoms with Crippen molar-refractivity contribution in [1.82, 2.24) is 19.9 Å². The van der Waals surface area contributed by atoms with Crippen LogP contribution in [0, 0.1) is 0 Å². The van der Waals surface area contributed by atoms with Crippen LogP contribution in [0.5, 0.6) is 0 Å². The lowest BCUT2D eigenvalue weighted by atomic mass is 9.86. The number of benzene rings is 2. The van der Waals surface area contributed by atoms with Gasteiger partial charge in [0.2, 0.25) is 0 Å². The van der Waals surface area contributed by atoms with Gasteiger partial charge in [0.05, 0.1) is 5.69 Å². The number of hydrogen-bond donors (Lipinski definition) is 0. The number of carbonyl (C=O) groups is 1. The van der Waals surface area contributed by atoms with E-state index in [1.54, 1.807) is 0 Å². The quantitative estimate of drug-likeness (QED) is 0.341. The number of Topliss-reactive ketones (excluding diaryl/α,β-unsaturated/α-hetero) is 1. The molecule has 0 amide bonds. The lowest BCUT2D eigenvalue weighted by Crippen LogP contribution is -2.37. The Labute approximate surface area is 228 Å². The van der Waals surface area contributed by atoms with E-state index in [1.807, 2.05) is 23.0 Å². The molecule has 38 heavy (non-hydrogen) atoms. The first-order chi connectivity index (χ1) is 17.9. The van der Waals surface area contributed by atoms with Crippen molar-refractivity contribution in [2.45, 2.75) is 78.8 Å². The summed E-state index contributed by atoms with van der Waals surface area (Å²) in [7, 11) is 0. The molecule has 0 saturated carbocycles. The van der Waals surface area contributed by atoms with Crippen molar-refractivity contribution in [2.24, 2.45) is 0 Å². The Morgan fingerprint density at radius 1 is 0.789 bits per heavy atom. The molecule has 0 N–H and O–H groups in total. The maximum Gasteiger partial charge on any atom is 0.187 e. The van der Waals surface area contributed by atoms with Crippen LogP contribution in [0.2, 0.25) is 0 Å². The largest absolute Gasteiger partial charge is 0.289 e. The summed E-state index contributed by atoms with van der Waals surface area (Å²) in [5, 5.41) is 8.64. The molecule has 5 heteroatoms. The number of nitrogens with zero attached hydrogens (tertiary/aromatic N) is 4. The van der Waals surface area contributed by atoms with Crippen molar-refractivity contribution in [2.75, 3.05) is 13.1 Å². The van der Waals surface area contributed by atoms with Gasteiger partial charge >= 0.3 is 0 Å². The Balaban J connectivity index is 1.64. The number of hydrogen-bond acceptors (Lipinski definition) is 4. The molecule has 2 heterocycles. The maximum absolute atomic E-state index is 13.7. The average molecular weight is 511 g/mol. The molecule has 1 aliphatic rings. The van der Waals surface area contributed by atoms with Crippen molar-refractivity contribution in [1.29, 1.82) is 0 Å². The van der Waals surface area contributed by atoms with Crippen molar-refractivity contribution in [3.05, 3.63) is 93.8 Å². The Morgan fingerprint density at radius 3 is 1.68 bits per heavy atom. The van der Waals surface area contributed by atoms with Crippen molar-refractivity contribution in [3.63, 3.8) is 0 Å². The first kappa shape index (κ1) is 27.7. The maximum atomic E-state index is 13.7. The van der Waals surface area contributed by atoms with Crippen molar-refractivity contribution < 1.29 is 4.79 Å². The highest BCUT2D eigenvalue weighted by Crippen LogP contribution is 2.27. The summed E-state index contributed by atoms with van der Waals surface area (Å²) in [6, 6.07) is 17.1. The summed E-state index contributed by atoms with van der Waals surface area (Å²) in [5.74, 6) is 0.121. The average Bonchev–Trinajstić information content (AvgIpc) is 3.28. The highest BCUT2D eigenvalue weighted by molar-refractivity contribution is 6.14. The fourth-order valence-corrected chi connectivity index (χ4v) is 4.76. The summed E-state index contributed by atoms with van der Waals surface area (Å²) >= 11 is 0. The van der Waals surface area contributed by atoms with E-state index in [2.05, 4.69) is 112 Å². The van der Waals surface area contributed by atoms with Crippen LogP contribution in [-0.2, 0) is 28.7 Å². The van der Waals surface area contributed by atoms with Crippen LogP contribution in [0.15, 0.2) is 65.9 Å². The van der Waals surface area contributed by atoms with Gasteiger partial charge in [0, 0.05) is 43.5 Å². The van der Waals surface area contributed by atoms with Crippen LogP contribution in [0.3, 0.4) is 0 Å². The van der Waals surface area contributed by atoms with Crippen molar-refractivity contribution >= 4 is 17.9 Å². The lowest BCUT2D eigenvalue weighted by Gasteiger charge is -2.29. The van der Waals surface area contributed by atoms with E-state index in [0.29, 0.717) is 19.6 Å². The minimum absolute atomic E-state index is 0.0940. The number of aryl methyl sites for hydroxylation is 1. The number of piperidine rings is 1.